The van der Waals surface area contributed by atoms with Crippen molar-refractivity contribution in [1.82, 2.24) is 9.13 Å². The minimum absolute atomic E-state index is 0.180. The molecule has 6 nitrogen and oxygen atoms in total. The van der Waals surface area contributed by atoms with Gasteiger partial charge in [0, 0.05) is 53.6 Å². The van der Waals surface area contributed by atoms with Crippen LogP contribution < -0.4 is 0 Å². The molecule has 3 heterocycles. The van der Waals surface area contributed by atoms with E-state index in [2.05, 4.69) is 29.0 Å². The van der Waals surface area contributed by atoms with Crippen LogP contribution in [0.25, 0.3) is 6.08 Å². The van der Waals surface area contributed by atoms with Gasteiger partial charge in [-0.15, -0.1) is 0 Å². The minimum Gasteiger partial charge on any atom is -0.454 e. The zero-order valence-corrected chi connectivity index (χ0v) is 18.9. The van der Waals surface area contributed by atoms with Crippen molar-refractivity contribution in [3.05, 3.63) is 52.1 Å². The van der Waals surface area contributed by atoms with Crippen molar-refractivity contribution in [2.45, 2.75) is 72.1 Å². The van der Waals surface area contributed by atoms with Gasteiger partial charge in [-0.2, -0.15) is 0 Å². The lowest BCUT2D eigenvalue weighted by molar-refractivity contribution is -0.136. The first-order chi connectivity index (χ1) is 14.8. The monoisotopic (exact) mass is 424 g/mol. The van der Waals surface area contributed by atoms with Crippen LogP contribution in [0.4, 0.5) is 0 Å². The zero-order valence-electron chi connectivity index (χ0n) is 18.9. The molecule has 6 heteroatoms. The highest BCUT2D eigenvalue weighted by atomic mass is 16.5. The molecular formula is C25H32N2O4. The van der Waals surface area contributed by atoms with Crippen LogP contribution in [0.1, 0.15) is 70.4 Å². The molecule has 0 radical (unpaired) electrons. The second-order valence-electron chi connectivity index (χ2n) is 8.82. The summed E-state index contributed by atoms with van der Waals surface area (Å²) in [5.74, 6) is -0.682. The molecule has 2 aromatic heterocycles. The number of rotatable bonds is 8. The number of nitrogens with zero attached hydrogens (tertiary/aromatic N) is 2. The maximum absolute atomic E-state index is 12.7. The Kier molecular flexibility index (Phi) is 6.19. The summed E-state index contributed by atoms with van der Waals surface area (Å²) in [6.45, 7) is 9.41. The van der Waals surface area contributed by atoms with Gasteiger partial charge >= 0.3 is 5.97 Å². The topological polar surface area (TPSA) is 62.5 Å². The van der Waals surface area contributed by atoms with Gasteiger partial charge in [-0.3, -0.25) is 4.79 Å². The standard InChI is InChI=1S/C25H32N2O4/c1-16-13-23(19(4)26(16)14-22-6-5-11-30-22)24(28)15-31-25(29)10-7-20-12-17(2)27(18(20)3)21-8-9-21/h7,10,12-13,21-22H,5-6,8-9,11,14-15H2,1-4H3/b10-7+/t22-/m0/s1. The van der Waals surface area contributed by atoms with Gasteiger partial charge in [-0.25, -0.2) is 4.79 Å². The fourth-order valence-electron chi connectivity index (χ4n) is 4.64. The van der Waals surface area contributed by atoms with Crippen molar-refractivity contribution in [1.29, 1.82) is 0 Å². The first-order valence-electron chi connectivity index (χ1n) is 11.2. The quantitative estimate of drug-likeness (QED) is 0.356. The Bertz CT molecular complexity index is 1020. The summed E-state index contributed by atoms with van der Waals surface area (Å²) in [4.78, 5) is 24.9. The zero-order chi connectivity index (χ0) is 22.1. The fourth-order valence-corrected chi connectivity index (χ4v) is 4.64. The number of hydrogen-bond acceptors (Lipinski definition) is 4. The highest BCUT2D eigenvalue weighted by molar-refractivity contribution is 6.00. The second kappa shape index (κ2) is 8.87. The Hall–Kier alpha value is -2.60. The van der Waals surface area contributed by atoms with Crippen LogP contribution in [0.5, 0.6) is 0 Å². The molecule has 1 saturated heterocycles. The van der Waals surface area contributed by atoms with Gasteiger partial charge in [-0.1, -0.05) is 0 Å². The summed E-state index contributed by atoms with van der Waals surface area (Å²) in [6, 6.07) is 4.57. The van der Waals surface area contributed by atoms with Crippen LogP contribution in [0, 0.1) is 27.7 Å². The first kappa shape index (κ1) is 21.6. The number of carbonyl (C=O) groups is 2. The van der Waals surface area contributed by atoms with Gasteiger partial charge in [0.15, 0.2) is 6.61 Å². The van der Waals surface area contributed by atoms with Crippen LogP contribution >= 0.6 is 0 Å². The molecule has 2 fully saturated rings. The molecule has 1 atom stereocenters. The van der Waals surface area contributed by atoms with E-state index in [0.29, 0.717) is 11.6 Å². The molecule has 1 saturated carbocycles. The molecule has 2 aromatic rings. The summed E-state index contributed by atoms with van der Waals surface area (Å²) < 4.78 is 15.4. The van der Waals surface area contributed by atoms with Gasteiger partial charge < -0.3 is 18.6 Å². The predicted octanol–water partition coefficient (Wildman–Crippen LogP) is 4.48. The summed E-state index contributed by atoms with van der Waals surface area (Å²) in [7, 11) is 0. The van der Waals surface area contributed by atoms with Crippen LogP contribution in [0.2, 0.25) is 0 Å². The van der Waals surface area contributed by atoms with Crippen LogP contribution in [-0.4, -0.2) is 40.2 Å². The molecular weight excluding hydrogens is 392 g/mol. The van der Waals surface area contributed by atoms with E-state index in [-0.39, 0.29) is 18.5 Å². The Labute approximate surface area is 183 Å². The van der Waals surface area contributed by atoms with Gasteiger partial charge in [0.05, 0.1) is 6.10 Å². The molecule has 1 aliphatic carbocycles. The van der Waals surface area contributed by atoms with Crippen molar-refractivity contribution >= 4 is 17.8 Å². The maximum atomic E-state index is 12.7. The van der Waals surface area contributed by atoms with Crippen molar-refractivity contribution in [3.8, 4) is 0 Å². The number of aryl methyl sites for hydroxylation is 2. The van der Waals surface area contributed by atoms with E-state index in [1.54, 1.807) is 6.08 Å². The Morgan fingerprint density at radius 2 is 1.87 bits per heavy atom. The number of ketones is 1. The van der Waals surface area contributed by atoms with Crippen LogP contribution in [-0.2, 0) is 20.8 Å². The lowest BCUT2D eigenvalue weighted by Gasteiger charge is -2.14. The third-order valence-electron chi connectivity index (χ3n) is 6.46. The van der Waals surface area contributed by atoms with Gasteiger partial charge in [0.2, 0.25) is 5.78 Å². The molecule has 31 heavy (non-hydrogen) atoms. The SMILES string of the molecule is Cc1cc(C(=O)COC(=O)/C=C/c2cc(C)n(C3CC3)c2C)c(C)n1C[C@@H]1CCCO1. The van der Waals surface area contributed by atoms with E-state index in [9.17, 15) is 9.59 Å². The van der Waals surface area contributed by atoms with Crippen molar-refractivity contribution < 1.29 is 19.1 Å². The number of esters is 1. The normalized spacial score (nSPS) is 18.8. The van der Waals surface area contributed by atoms with Gasteiger partial charge in [0.1, 0.15) is 0 Å². The fraction of sp³-hybridized carbons (Fsp3) is 0.520. The highest BCUT2D eigenvalue weighted by Crippen LogP contribution is 2.38. The highest BCUT2D eigenvalue weighted by Gasteiger charge is 2.26. The summed E-state index contributed by atoms with van der Waals surface area (Å²) >= 11 is 0. The molecule has 0 N–H and O–H groups in total. The molecule has 0 bridgehead atoms. The van der Waals surface area contributed by atoms with Gasteiger partial charge in [0.25, 0.3) is 0 Å². The van der Waals surface area contributed by atoms with Crippen molar-refractivity contribution in [2.24, 2.45) is 0 Å². The van der Waals surface area contributed by atoms with E-state index < -0.39 is 5.97 Å². The maximum Gasteiger partial charge on any atom is 0.331 e. The number of hydrogen-bond donors (Lipinski definition) is 0. The third kappa shape index (κ3) is 4.69. The molecule has 1 aliphatic heterocycles. The van der Waals surface area contributed by atoms with E-state index in [0.717, 1.165) is 42.9 Å². The number of Topliss-reactive ketones (excluding diaryl/α,β-unsaturated/α-hetero) is 1. The minimum atomic E-state index is -0.502. The van der Waals surface area contributed by atoms with Crippen LogP contribution in [0.15, 0.2) is 18.2 Å². The van der Waals surface area contributed by atoms with Crippen molar-refractivity contribution in [3.63, 3.8) is 0 Å². The lowest BCUT2D eigenvalue weighted by atomic mass is 10.1. The molecule has 2 aliphatic rings. The van der Waals surface area contributed by atoms with Crippen LogP contribution in [0.3, 0.4) is 0 Å². The van der Waals surface area contributed by atoms with E-state index in [1.807, 2.05) is 19.9 Å². The largest absolute Gasteiger partial charge is 0.454 e. The van der Waals surface area contributed by atoms with E-state index >= 15 is 0 Å². The summed E-state index contributed by atoms with van der Waals surface area (Å²) in [6.07, 6.45) is 7.97. The second-order valence-corrected chi connectivity index (χ2v) is 8.82. The molecule has 0 amide bonds. The molecule has 0 aromatic carbocycles. The van der Waals surface area contributed by atoms with Crippen molar-refractivity contribution in [2.75, 3.05) is 13.2 Å². The van der Waals surface area contributed by atoms with Gasteiger partial charge in [-0.05, 0) is 77.2 Å². The summed E-state index contributed by atoms with van der Waals surface area (Å²) in [5.41, 5.74) is 5.93. The summed E-state index contributed by atoms with van der Waals surface area (Å²) in [5, 5.41) is 0. The van der Waals surface area contributed by atoms with E-state index in [4.69, 9.17) is 9.47 Å². The molecule has 166 valence electrons. The third-order valence-corrected chi connectivity index (χ3v) is 6.46. The lowest BCUT2D eigenvalue weighted by Crippen LogP contribution is -2.18. The average molecular weight is 425 g/mol. The molecule has 4 rings (SSSR count). The number of carbonyl (C=O) groups excluding carboxylic acids is 2. The first-order valence-corrected chi connectivity index (χ1v) is 11.2. The predicted molar refractivity (Wildman–Crippen MR) is 119 cm³/mol. The Balaban J connectivity index is 1.35. The smallest absolute Gasteiger partial charge is 0.331 e. The number of ether oxygens (including phenoxy) is 2. The Morgan fingerprint density at radius 1 is 1.10 bits per heavy atom. The number of aromatic nitrogens is 2. The molecule has 0 spiro atoms. The molecule has 0 unspecified atom stereocenters. The average Bonchev–Trinajstić information content (AvgIpc) is 3.24. The van der Waals surface area contributed by atoms with E-state index in [1.165, 1.54) is 30.3 Å². The Morgan fingerprint density at radius 3 is 2.55 bits per heavy atom.